The van der Waals surface area contributed by atoms with Crippen molar-refractivity contribution in [1.29, 1.82) is 0 Å². The first-order chi connectivity index (χ1) is 12.2. The van der Waals surface area contributed by atoms with Crippen molar-refractivity contribution in [3.63, 3.8) is 0 Å². The van der Waals surface area contributed by atoms with Crippen molar-refractivity contribution < 1.29 is 0 Å². The monoisotopic (exact) mass is 548 g/mol. The van der Waals surface area contributed by atoms with E-state index in [0.717, 1.165) is 33.9 Å². The van der Waals surface area contributed by atoms with Crippen LogP contribution in [-0.2, 0) is 0 Å². The standard InChI is InChI=1S/C21H14I2N2/c22-17-10-4-8-15(12-17)19-20(16-9-5-11-18(23)13-16)25-21(24-19)14-6-2-1-3-7-14/h1-13H,(H,24,25). The van der Waals surface area contributed by atoms with E-state index >= 15 is 0 Å². The van der Waals surface area contributed by atoms with Crippen LogP contribution < -0.4 is 0 Å². The summed E-state index contributed by atoms with van der Waals surface area (Å²) in [6, 6.07) is 27.2. The van der Waals surface area contributed by atoms with E-state index in [1.54, 1.807) is 0 Å². The highest BCUT2D eigenvalue weighted by Crippen LogP contribution is 2.34. The van der Waals surface area contributed by atoms with E-state index < -0.39 is 0 Å². The van der Waals surface area contributed by atoms with Gasteiger partial charge in [0.05, 0.1) is 11.4 Å². The molecular formula is C21H14I2N2. The molecule has 0 amide bonds. The largest absolute Gasteiger partial charge is 0.337 e. The Kier molecular flexibility index (Phi) is 4.89. The Balaban J connectivity index is 1.93. The minimum atomic E-state index is 0.892. The lowest BCUT2D eigenvalue weighted by Gasteiger charge is -2.04. The molecule has 4 aromatic rings. The molecule has 0 unspecified atom stereocenters. The number of nitrogens with zero attached hydrogens (tertiary/aromatic N) is 1. The van der Waals surface area contributed by atoms with Gasteiger partial charge in [0.15, 0.2) is 0 Å². The molecule has 25 heavy (non-hydrogen) atoms. The van der Waals surface area contributed by atoms with Crippen LogP contribution in [0.2, 0.25) is 0 Å². The molecule has 0 saturated carbocycles. The average molecular weight is 548 g/mol. The zero-order valence-electron chi connectivity index (χ0n) is 13.2. The van der Waals surface area contributed by atoms with Gasteiger partial charge in [0.2, 0.25) is 0 Å². The molecule has 0 aliphatic heterocycles. The zero-order valence-corrected chi connectivity index (χ0v) is 17.5. The second-order valence-corrected chi connectivity index (χ2v) is 8.19. The Morgan fingerprint density at radius 2 is 1.24 bits per heavy atom. The van der Waals surface area contributed by atoms with Crippen molar-refractivity contribution in [2.45, 2.75) is 0 Å². The minimum Gasteiger partial charge on any atom is -0.337 e. The Labute approximate surface area is 174 Å². The highest BCUT2D eigenvalue weighted by Gasteiger charge is 2.15. The van der Waals surface area contributed by atoms with E-state index in [1.807, 2.05) is 18.2 Å². The molecule has 0 radical (unpaired) electrons. The van der Waals surface area contributed by atoms with Crippen molar-refractivity contribution in [3.8, 4) is 33.9 Å². The first-order valence-electron chi connectivity index (χ1n) is 7.88. The van der Waals surface area contributed by atoms with Crippen LogP contribution >= 0.6 is 45.2 Å². The lowest BCUT2D eigenvalue weighted by Crippen LogP contribution is -1.85. The molecule has 0 bridgehead atoms. The molecule has 1 aromatic heterocycles. The molecule has 1 N–H and O–H groups in total. The van der Waals surface area contributed by atoms with Gasteiger partial charge < -0.3 is 4.98 Å². The van der Waals surface area contributed by atoms with Crippen molar-refractivity contribution >= 4 is 45.2 Å². The lowest BCUT2D eigenvalue weighted by molar-refractivity contribution is 1.31. The molecule has 2 nitrogen and oxygen atoms in total. The summed E-state index contributed by atoms with van der Waals surface area (Å²) in [4.78, 5) is 8.48. The molecule has 4 rings (SSSR count). The topological polar surface area (TPSA) is 28.7 Å². The fourth-order valence-corrected chi connectivity index (χ4v) is 3.89. The van der Waals surface area contributed by atoms with Gasteiger partial charge in [0, 0.05) is 23.8 Å². The maximum Gasteiger partial charge on any atom is 0.138 e. The first kappa shape index (κ1) is 16.8. The van der Waals surface area contributed by atoms with Gasteiger partial charge in [-0.15, -0.1) is 0 Å². The summed E-state index contributed by atoms with van der Waals surface area (Å²) in [5.41, 5.74) is 5.40. The molecule has 0 fully saturated rings. The van der Waals surface area contributed by atoms with Crippen LogP contribution in [0.3, 0.4) is 0 Å². The maximum absolute atomic E-state index is 4.94. The number of aromatic nitrogens is 2. The van der Waals surface area contributed by atoms with Gasteiger partial charge in [-0.25, -0.2) is 4.98 Å². The second-order valence-electron chi connectivity index (χ2n) is 5.70. The number of imidazole rings is 1. The summed E-state index contributed by atoms with van der Waals surface area (Å²) in [7, 11) is 0. The third kappa shape index (κ3) is 3.64. The predicted molar refractivity (Wildman–Crippen MR) is 120 cm³/mol. The summed E-state index contributed by atoms with van der Waals surface area (Å²) in [6.07, 6.45) is 0. The van der Waals surface area contributed by atoms with Crippen molar-refractivity contribution in [1.82, 2.24) is 9.97 Å². The number of hydrogen-bond donors (Lipinski definition) is 1. The number of halogens is 2. The van der Waals surface area contributed by atoms with E-state index in [2.05, 4.69) is 111 Å². The highest BCUT2D eigenvalue weighted by molar-refractivity contribution is 14.1. The predicted octanol–water partition coefficient (Wildman–Crippen LogP) is 6.62. The third-order valence-electron chi connectivity index (χ3n) is 3.96. The third-order valence-corrected chi connectivity index (χ3v) is 5.30. The van der Waals surface area contributed by atoms with E-state index in [-0.39, 0.29) is 0 Å². The number of hydrogen-bond acceptors (Lipinski definition) is 1. The summed E-state index contributed by atoms with van der Waals surface area (Å²) in [5.74, 6) is 0.892. The van der Waals surface area contributed by atoms with Crippen molar-refractivity contribution in [2.24, 2.45) is 0 Å². The lowest BCUT2D eigenvalue weighted by atomic mass is 10.1. The molecule has 0 atom stereocenters. The minimum absolute atomic E-state index is 0.892. The molecular weight excluding hydrogens is 534 g/mol. The summed E-state index contributed by atoms with van der Waals surface area (Å²) in [6.45, 7) is 0. The van der Waals surface area contributed by atoms with Gasteiger partial charge in [-0.1, -0.05) is 54.6 Å². The molecule has 4 heteroatoms. The summed E-state index contributed by atoms with van der Waals surface area (Å²) in [5, 5.41) is 0. The molecule has 3 aromatic carbocycles. The van der Waals surface area contributed by atoms with Gasteiger partial charge in [-0.3, -0.25) is 0 Å². The van der Waals surface area contributed by atoms with Gasteiger partial charge >= 0.3 is 0 Å². The SMILES string of the molecule is Ic1cccc(-c2nc(-c3ccccc3)[nH]c2-c2cccc(I)c2)c1. The molecule has 0 aliphatic carbocycles. The van der Waals surface area contributed by atoms with Crippen LogP contribution in [0.25, 0.3) is 33.9 Å². The quantitative estimate of drug-likeness (QED) is 0.287. The van der Waals surface area contributed by atoms with Crippen LogP contribution in [0.15, 0.2) is 78.9 Å². The van der Waals surface area contributed by atoms with E-state index in [9.17, 15) is 0 Å². The van der Waals surface area contributed by atoms with Gasteiger partial charge in [0.1, 0.15) is 5.82 Å². The zero-order chi connectivity index (χ0) is 17.2. The van der Waals surface area contributed by atoms with Crippen LogP contribution in [0.4, 0.5) is 0 Å². The maximum atomic E-state index is 4.94. The van der Waals surface area contributed by atoms with Crippen LogP contribution in [-0.4, -0.2) is 9.97 Å². The second kappa shape index (κ2) is 7.29. The number of rotatable bonds is 3. The van der Waals surface area contributed by atoms with Crippen LogP contribution in [0, 0.1) is 7.14 Å². The number of aromatic amines is 1. The molecule has 0 aliphatic rings. The number of H-pyrrole nitrogens is 1. The Hall–Kier alpha value is -1.67. The van der Waals surface area contributed by atoms with E-state index in [0.29, 0.717) is 0 Å². The molecule has 0 spiro atoms. The number of benzene rings is 3. The fraction of sp³-hybridized carbons (Fsp3) is 0. The highest BCUT2D eigenvalue weighted by atomic mass is 127. The summed E-state index contributed by atoms with van der Waals surface area (Å²) >= 11 is 4.69. The molecule has 122 valence electrons. The van der Waals surface area contributed by atoms with Crippen molar-refractivity contribution in [3.05, 3.63) is 86.0 Å². The first-order valence-corrected chi connectivity index (χ1v) is 10.0. The average Bonchev–Trinajstić information content (AvgIpc) is 3.08. The van der Waals surface area contributed by atoms with Gasteiger partial charge in [-0.2, -0.15) is 0 Å². The normalized spacial score (nSPS) is 10.8. The van der Waals surface area contributed by atoms with Crippen molar-refractivity contribution in [2.75, 3.05) is 0 Å². The van der Waals surface area contributed by atoms with E-state index in [4.69, 9.17) is 4.98 Å². The van der Waals surface area contributed by atoms with E-state index in [1.165, 1.54) is 7.14 Å². The van der Waals surface area contributed by atoms with Gasteiger partial charge in [-0.05, 0) is 69.4 Å². The smallest absolute Gasteiger partial charge is 0.138 e. The Bertz CT molecular complexity index is 960. The molecule has 1 heterocycles. The number of nitrogens with one attached hydrogen (secondary N) is 1. The Morgan fingerprint density at radius 1 is 0.640 bits per heavy atom. The fourth-order valence-electron chi connectivity index (χ4n) is 2.80. The van der Waals surface area contributed by atoms with Crippen LogP contribution in [0.1, 0.15) is 0 Å². The molecule has 0 saturated heterocycles. The summed E-state index contributed by atoms with van der Waals surface area (Å²) < 4.78 is 2.41. The van der Waals surface area contributed by atoms with Gasteiger partial charge in [0.25, 0.3) is 0 Å². The van der Waals surface area contributed by atoms with Crippen LogP contribution in [0.5, 0.6) is 0 Å². The Morgan fingerprint density at radius 3 is 1.92 bits per heavy atom.